The molecule has 0 unspecified atom stereocenters. The third-order valence-corrected chi connectivity index (χ3v) is 9.34. The van der Waals surface area contributed by atoms with Crippen LogP contribution in [0.3, 0.4) is 0 Å². The number of carbonyl (C=O) groups is 2. The van der Waals surface area contributed by atoms with Crippen LogP contribution < -0.4 is 10.1 Å². The number of amides is 1. The summed E-state index contributed by atoms with van der Waals surface area (Å²) in [7, 11) is 0. The number of carbonyl (C=O) groups excluding carboxylic acids is 1. The number of hydrogen-bond donors (Lipinski definition) is 4. The number of hydrogen-bond acceptors (Lipinski definition) is 6. The quantitative estimate of drug-likeness (QED) is 0.122. The van der Waals surface area contributed by atoms with Crippen molar-refractivity contribution in [2.45, 2.75) is 91.2 Å². The Morgan fingerprint density at radius 2 is 2.05 bits per heavy atom. The zero-order chi connectivity index (χ0) is 31.4. The Bertz CT molecular complexity index is 1330. The first-order chi connectivity index (χ1) is 20.5. The number of unbranched alkanes of at least 4 members (excludes halogenated alkanes) is 2. The summed E-state index contributed by atoms with van der Waals surface area (Å²) in [4.78, 5) is 25.9. The normalized spacial score (nSPS) is 25.8. The molecule has 8 heteroatoms. The highest BCUT2D eigenvalue weighted by atomic mass is 16.5. The summed E-state index contributed by atoms with van der Waals surface area (Å²) < 4.78 is 6.30. The maximum absolute atomic E-state index is 12.6. The molecule has 8 nitrogen and oxygen atoms in total. The topological polar surface area (TPSA) is 119 Å². The van der Waals surface area contributed by atoms with Crippen LogP contribution in [0.5, 0.6) is 11.5 Å². The average Bonchev–Trinajstić information content (AvgIpc) is 3.18. The maximum atomic E-state index is 12.6. The molecule has 0 aromatic heterocycles. The van der Waals surface area contributed by atoms with Gasteiger partial charge in [-0.1, -0.05) is 50.5 Å². The number of benzene rings is 1. The molecule has 1 amide bonds. The molecule has 2 aliphatic heterocycles. The molecule has 0 saturated carbocycles. The standard InChI is InChI=1S/C35H48N2O6/c1-7-8-9-11-24-17-28(39)31(26-16-21(4)12-13-25(26)20(2)3)29(18-24)43-15-10-14-36-19-27-22(5)32-30(23(6)38)34(40)37(32)33(27)35(41)42/h10,14,16-18,22-23,25-26,30,32,36,38-39H,2,7-9,11-13,15,19H2,1,3-6H3,(H,41,42)/b14-10+/t22-,23+,25-,26+,30+,32+/m0/s1. The summed E-state index contributed by atoms with van der Waals surface area (Å²) in [6, 6.07) is 3.61. The van der Waals surface area contributed by atoms with Crippen LogP contribution in [0.15, 0.2) is 59.5 Å². The van der Waals surface area contributed by atoms with E-state index in [4.69, 9.17) is 4.74 Å². The molecular weight excluding hydrogens is 544 g/mol. The van der Waals surface area contributed by atoms with Crippen LogP contribution in [0, 0.1) is 17.8 Å². The van der Waals surface area contributed by atoms with Gasteiger partial charge in [-0.15, -0.1) is 0 Å². The number of aliphatic hydroxyl groups is 1. The number of aryl methyl sites for hydroxylation is 1. The van der Waals surface area contributed by atoms with E-state index in [9.17, 15) is 24.9 Å². The summed E-state index contributed by atoms with van der Waals surface area (Å²) in [6.45, 7) is 14.6. The van der Waals surface area contributed by atoms with Gasteiger partial charge in [-0.25, -0.2) is 4.79 Å². The van der Waals surface area contributed by atoms with Gasteiger partial charge in [-0.2, -0.15) is 0 Å². The molecule has 6 atom stereocenters. The van der Waals surface area contributed by atoms with Crippen molar-refractivity contribution in [2.24, 2.45) is 17.8 Å². The van der Waals surface area contributed by atoms with E-state index in [1.807, 2.05) is 19.1 Å². The highest BCUT2D eigenvalue weighted by Gasteiger charge is 2.59. The first kappa shape index (κ1) is 32.4. The number of carboxylic acids is 1. The Morgan fingerprint density at radius 3 is 2.70 bits per heavy atom. The maximum Gasteiger partial charge on any atom is 0.352 e. The van der Waals surface area contributed by atoms with E-state index in [-0.39, 0.29) is 54.3 Å². The minimum atomic E-state index is -1.14. The molecule has 4 N–H and O–H groups in total. The number of nitrogens with zero attached hydrogens (tertiary/aromatic N) is 1. The molecule has 4 rings (SSSR count). The predicted molar refractivity (Wildman–Crippen MR) is 168 cm³/mol. The number of ether oxygens (including phenoxy) is 1. The molecule has 1 aromatic carbocycles. The fourth-order valence-corrected chi connectivity index (χ4v) is 7.07. The lowest BCUT2D eigenvalue weighted by molar-refractivity contribution is -0.163. The Kier molecular flexibility index (Phi) is 10.4. The molecule has 0 bridgehead atoms. The van der Waals surface area contributed by atoms with Crippen molar-refractivity contribution in [2.75, 3.05) is 13.2 Å². The molecule has 1 aromatic rings. The van der Waals surface area contributed by atoms with Gasteiger partial charge in [-0.05, 0) is 87.9 Å². The number of rotatable bonds is 14. The number of aromatic hydroxyl groups is 1. The number of aliphatic carboxylic acids is 1. The van der Waals surface area contributed by atoms with Gasteiger partial charge < -0.3 is 30.3 Å². The first-order valence-corrected chi connectivity index (χ1v) is 15.6. The number of fused-ring (bicyclic) bond motifs is 1. The second kappa shape index (κ2) is 13.8. The second-order valence-corrected chi connectivity index (χ2v) is 12.5. The Balaban J connectivity index is 1.48. The van der Waals surface area contributed by atoms with Crippen LogP contribution in [0.25, 0.3) is 0 Å². The van der Waals surface area contributed by atoms with Crippen LogP contribution in [-0.4, -0.2) is 57.4 Å². The Hall–Kier alpha value is -3.52. The number of carboxylic acid groups (broad SMARTS) is 1. The smallest absolute Gasteiger partial charge is 0.352 e. The minimum Gasteiger partial charge on any atom is -0.507 e. The lowest BCUT2D eigenvalue weighted by Gasteiger charge is -2.46. The minimum absolute atomic E-state index is 0.0134. The molecule has 1 fully saturated rings. The van der Waals surface area contributed by atoms with E-state index < -0.39 is 18.0 Å². The molecule has 0 radical (unpaired) electrons. The molecule has 1 aliphatic carbocycles. The average molecular weight is 593 g/mol. The summed E-state index contributed by atoms with van der Waals surface area (Å²) in [6.07, 6.45) is 11.1. The summed E-state index contributed by atoms with van der Waals surface area (Å²) >= 11 is 0. The first-order valence-electron chi connectivity index (χ1n) is 15.6. The molecule has 2 heterocycles. The summed E-state index contributed by atoms with van der Waals surface area (Å²) in [5.74, 6) is -1.11. The Morgan fingerprint density at radius 1 is 1.30 bits per heavy atom. The number of phenols is 1. The zero-order valence-corrected chi connectivity index (χ0v) is 26.2. The number of phenolic OH excluding ortho intramolecular Hbond substituents is 1. The lowest BCUT2D eigenvalue weighted by Crippen LogP contribution is -2.63. The predicted octanol–water partition coefficient (Wildman–Crippen LogP) is 5.82. The summed E-state index contributed by atoms with van der Waals surface area (Å²) in [5.41, 5.74) is 4.89. The van der Waals surface area contributed by atoms with Crippen LogP contribution in [0.4, 0.5) is 0 Å². The van der Waals surface area contributed by atoms with Gasteiger partial charge in [0.25, 0.3) is 0 Å². The fraction of sp³-hybridized carbons (Fsp3) is 0.543. The van der Waals surface area contributed by atoms with Crippen molar-refractivity contribution in [3.05, 3.63) is 70.6 Å². The van der Waals surface area contributed by atoms with Crippen molar-refractivity contribution in [1.82, 2.24) is 10.2 Å². The molecule has 3 aliphatic rings. The van der Waals surface area contributed by atoms with E-state index in [2.05, 4.69) is 44.8 Å². The van der Waals surface area contributed by atoms with E-state index in [0.717, 1.165) is 55.2 Å². The van der Waals surface area contributed by atoms with Gasteiger partial charge in [0.15, 0.2) is 0 Å². The molecule has 43 heavy (non-hydrogen) atoms. The van der Waals surface area contributed by atoms with Crippen LogP contribution in [-0.2, 0) is 16.0 Å². The van der Waals surface area contributed by atoms with Crippen molar-refractivity contribution in [3.8, 4) is 11.5 Å². The van der Waals surface area contributed by atoms with E-state index in [1.54, 1.807) is 13.1 Å². The van der Waals surface area contributed by atoms with Gasteiger partial charge in [0.1, 0.15) is 23.8 Å². The summed E-state index contributed by atoms with van der Waals surface area (Å²) in [5, 5.41) is 34.3. The highest BCUT2D eigenvalue weighted by Crippen LogP contribution is 2.48. The van der Waals surface area contributed by atoms with Crippen molar-refractivity contribution in [1.29, 1.82) is 0 Å². The van der Waals surface area contributed by atoms with Gasteiger partial charge in [0.05, 0.1) is 18.1 Å². The van der Waals surface area contributed by atoms with Gasteiger partial charge in [0.2, 0.25) is 5.91 Å². The van der Waals surface area contributed by atoms with E-state index in [1.165, 1.54) is 10.5 Å². The third kappa shape index (κ3) is 6.69. The van der Waals surface area contributed by atoms with Crippen molar-refractivity contribution >= 4 is 11.9 Å². The lowest BCUT2D eigenvalue weighted by atomic mass is 9.73. The number of nitrogens with one attached hydrogen (secondary N) is 1. The van der Waals surface area contributed by atoms with Crippen LogP contribution >= 0.6 is 0 Å². The number of allylic oxidation sites excluding steroid dienone is 3. The second-order valence-electron chi connectivity index (χ2n) is 12.5. The molecule has 1 saturated heterocycles. The molecule has 0 spiro atoms. The largest absolute Gasteiger partial charge is 0.507 e. The van der Waals surface area contributed by atoms with Crippen LogP contribution in [0.2, 0.25) is 0 Å². The zero-order valence-electron chi connectivity index (χ0n) is 26.2. The fourth-order valence-electron chi connectivity index (χ4n) is 7.07. The van der Waals surface area contributed by atoms with Crippen molar-refractivity contribution in [3.63, 3.8) is 0 Å². The van der Waals surface area contributed by atoms with Crippen molar-refractivity contribution < 1.29 is 29.6 Å². The van der Waals surface area contributed by atoms with Gasteiger partial charge in [0, 0.05) is 23.9 Å². The van der Waals surface area contributed by atoms with Crippen LogP contribution in [0.1, 0.15) is 83.8 Å². The molecular formula is C35H48N2O6. The molecule has 234 valence electrons. The SMILES string of the molecule is C=C(C)[C@@H]1CCC(C)=C[C@H]1c1c(O)cc(CCCCC)cc1OC/C=C/NCC1=C(C(=O)O)N2C(=O)[C@H]([C@@H](C)O)[C@H]2[C@H]1C. The number of β-lactam (4-membered cyclic amide) rings is 1. The monoisotopic (exact) mass is 592 g/mol. The van der Waals surface area contributed by atoms with E-state index in [0.29, 0.717) is 11.3 Å². The van der Waals surface area contributed by atoms with E-state index >= 15 is 0 Å². The Labute approximate surface area is 255 Å². The number of aliphatic hydroxyl groups excluding tert-OH is 1. The third-order valence-electron chi connectivity index (χ3n) is 9.34. The van der Waals surface area contributed by atoms with Gasteiger partial charge >= 0.3 is 5.97 Å². The van der Waals surface area contributed by atoms with Gasteiger partial charge in [-0.3, -0.25) is 4.79 Å². The highest BCUT2D eigenvalue weighted by molar-refractivity contribution is 6.00.